The molecule has 0 spiro atoms. The molecule has 2 bridgehead atoms. The van der Waals surface area contributed by atoms with Gasteiger partial charge in [0, 0.05) is 51.4 Å². The van der Waals surface area contributed by atoms with Crippen LogP contribution in [0.4, 0.5) is 0 Å². The number of methoxy groups -OCH3 is 2. The minimum Gasteiger partial charge on any atom is -0.460 e. The van der Waals surface area contributed by atoms with Crippen LogP contribution in [0.15, 0.2) is 47.6 Å². The number of allylic oxidation sites excluding steroid dienone is 7. The Labute approximate surface area is 379 Å². The highest BCUT2D eigenvalue weighted by atomic mass is 16.6. The van der Waals surface area contributed by atoms with E-state index in [0.29, 0.717) is 68.9 Å². The van der Waals surface area contributed by atoms with Crippen molar-refractivity contribution in [1.29, 1.82) is 0 Å². The van der Waals surface area contributed by atoms with Crippen molar-refractivity contribution in [3.63, 3.8) is 0 Å². The van der Waals surface area contributed by atoms with Gasteiger partial charge in [0.2, 0.25) is 5.79 Å². The summed E-state index contributed by atoms with van der Waals surface area (Å²) in [7, 11) is 2.92. The predicted molar refractivity (Wildman–Crippen MR) is 239 cm³/mol. The second-order valence-electron chi connectivity index (χ2n) is 19.2. The van der Waals surface area contributed by atoms with Gasteiger partial charge in [0.15, 0.2) is 11.6 Å². The second kappa shape index (κ2) is 24.2. The summed E-state index contributed by atoms with van der Waals surface area (Å²) in [6.45, 7) is 12.3. The fourth-order valence-electron chi connectivity index (χ4n) is 9.73. The Morgan fingerprint density at radius 1 is 0.875 bits per heavy atom. The number of ketones is 4. The molecule has 0 aromatic rings. The fraction of sp³-hybridized carbons (Fsp3) is 0.720. The number of fused-ring (bicyclic) bond motifs is 3. The third kappa shape index (κ3) is 13.7. The first-order valence-corrected chi connectivity index (χ1v) is 23.4. The van der Waals surface area contributed by atoms with E-state index in [2.05, 4.69) is 0 Å². The Balaban J connectivity index is 1.69. The predicted octanol–water partition coefficient (Wildman–Crippen LogP) is 5.73. The zero-order valence-electron chi connectivity index (χ0n) is 39.5. The number of cyclic esters (lactones) is 1. The van der Waals surface area contributed by atoms with Crippen molar-refractivity contribution in [2.45, 2.75) is 174 Å². The summed E-state index contributed by atoms with van der Waals surface area (Å²) in [5, 5.41) is 33.6. The Kier molecular flexibility index (Phi) is 20.0. The van der Waals surface area contributed by atoms with Gasteiger partial charge in [-0.3, -0.25) is 24.0 Å². The molecular weight excluding hydrogens is 823 g/mol. The molecular formula is C50H75NO13. The van der Waals surface area contributed by atoms with E-state index in [-0.39, 0.29) is 67.0 Å². The number of carbonyl (C=O) groups is 6. The molecule has 0 aromatic carbocycles. The number of esters is 1. The van der Waals surface area contributed by atoms with Crippen molar-refractivity contribution < 1.29 is 63.0 Å². The molecule has 0 aromatic heterocycles. The van der Waals surface area contributed by atoms with Gasteiger partial charge in [0.1, 0.15) is 30.1 Å². The summed E-state index contributed by atoms with van der Waals surface area (Å²) in [4.78, 5) is 84.6. The molecule has 1 aliphatic carbocycles. The van der Waals surface area contributed by atoms with E-state index >= 15 is 0 Å². The van der Waals surface area contributed by atoms with Crippen LogP contribution in [0.1, 0.15) is 126 Å². The minimum absolute atomic E-state index is 0.0224. The molecule has 2 saturated heterocycles. The van der Waals surface area contributed by atoms with Gasteiger partial charge in [-0.2, -0.15) is 0 Å². The Hall–Kier alpha value is -3.66. The van der Waals surface area contributed by atoms with Crippen molar-refractivity contribution in [3.05, 3.63) is 47.6 Å². The first kappa shape index (κ1) is 53.0. The minimum atomic E-state index is -2.52. The second-order valence-corrected chi connectivity index (χ2v) is 19.2. The summed E-state index contributed by atoms with van der Waals surface area (Å²) in [5.74, 6) is -8.70. The number of amides is 1. The average Bonchev–Trinajstić information content (AvgIpc) is 3.26. The lowest BCUT2D eigenvalue weighted by atomic mass is 9.78. The van der Waals surface area contributed by atoms with Crippen LogP contribution in [-0.4, -0.2) is 124 Å². The van der Waals surface area contributed by atoms with E-state index in [9.17, 15) is 44.1 Å². The molecule has 1 saturated carbocycles. The van der Waals surface area contributed by atoms with Gasteiger partial charge in [-0.25, -0.2) is 4.79 Å². The maximum Gasteiger partial charge on any atom is 0.329 e. The molecule has 14 atom stereocenters. The fourth-order valence-corrected chi connectivity index (χ4v) is 9.73. The molecule has 4 aliphatic rings. The lowest BCUT2D eigenvalue weighted by molar-refractivity contribution is -0.262. The highest BCUT2D eigenvalue weighted by molar-refractivity contribution is 6.39. The smallest absolute Gasteiger partial charge is 0.329 e. The maximum absolute atomic E-state index is 14.3. The van der Waals surface area contributed by atoms with Crippen LogP contribution in [0, 0.1) is 35.5 Å². The van der Waals surface area contributed by atoms with Crippen LogP contribution in [0.2, 0.25) is 0 Å². The van der Waals surface area contributed by atoms with Gasteiger partial charge in [0.05, 0.1) is 18.3 Å². The molecule has 1 amide bonds. The summed E-state index contributed by atoms with van der Waals surface area (Å²) in [6, 6.07) is -1.17. The van der Waals surface area contributed by atoms with Gasteiger partial charge in [-0.05, 0) is 107 Å². The van der Waals surface area contributed by atoms with E-state index < -0.39 is 77.8 Å². The quantitative estimate of drug-likeness (QED) is 0.172. The van der Waals surface area contributed by atoms with Crippen molar-refractivity contribution in [3.8, 4) is 0 Å². The lowest BCUT2D eigenvalue weighted by Gasteiger charge is -2.42. The van der Waals surface area contributed by atoms with Gasteiger partial charge in [-0.15, -0.1) is 0 Å². The molecule has 0 radical (unpaired) electrons. The van der Waals surface area contributed by atoms with Crippen LogP contribution in [0.5, 0.6) is 0 Å². The first-order chi connectivity index (χ1) is 30.2. The van der Waals surface area contributed by atoms with Crippen LogP contribution >= 0.6 is 0 Å². The summed E-state index contributed by atoms with van der Waals surface area (Å²) in [6.07, 6.45) is 9.74. The van der Waals surface area contributed by atoms with Gasteiger partial charge in [-0.1, -0.05) is 71.1 Å². The summed E-state index contributed by atoms with van der Waals surface area (Å²) >= 11 is 0. The Morgan fingerprint density at radius 2 is 1.59 bits per heavy atom. The Morgan fingerprint density at radius 3 is 2.28 bits per heavy atom. The highest BCUT2D eigenvalue weighted by Gasteiger charge is 2.53. The standard InChI is InChI=1S/C50H75NO13/c1-29-15-11-10-12-16-30(2)40(53)27-37-20-18-35(7)50(60,64-37)47(57)48(58)51-22-14-13-17-38(51)49(59)63-42(32(4)25-36-19-21-39(52)43(26-36)61-8)28-41(54)31(3)24-34(6)45(56)46(62-9)44(55)33(5)23-29/h10-12,15-16,24,29,31-33,35-39,42-43,45-46,52,56,60H,13-14,17-23,25-28H2,1-9H3/b12-10?,15-11-,30-16?,34-24+/t29-,31-,32-,33-,35-,36+,37+,38+,39-,42+,43-,45-,46+,50-/m1/s1. The summed E-state index contributed by atoms with van der Waals surface area (Å²) in [5.41, 5.74) is 0.799. The number of hydrogen-bond acceptors (Lipinski definition) is 13. The molecule has 358 valence electrons. The number of aliphatic hydroxyl groups is 3. The number of rotatable bonds is 5. The topological polar surface area (TPSA) is 203 Å². The molecule has 0 unspecified atom stereocenters. The van der Waals surface area contributed by atoms with Crippen LogP contribution in [0.25, 0.3) is 0 Å². The normalized spacial score (nSPS) is 38.4. The van der Waals surface area contributed by atoms with Crippen LogP contribution in [0.3, 0.4) is 0 Å². The maximum atomic E-state index is 14.3. The van der Waals surface area contributed by atoms with E-state index in [1.165, 1.54) is 7.11 Å². The molecule has 14 nitrogen and oxygen atoms in total. The van der Waals surface area contributed by atoms with Crippen LogP contribution in [-0.2, 0) is 47.7 Å². The van der Waals surface area contributed by atoms with Gasteiger partial charge in [0.25, 0.3) is 11.7 Å². The largest absolute Gasteiger partial charge is 0.460 e. The van der Waals surface area contributed by atoms with Crippen molar-refractivity contribution in [2.75, 3.05) is 20.8 Å². The number of hydrogen-bond donors (Lipinski definition) is 3. The van der Waals surface area contributed by atoms with Crippen molar-refractivity contribution in [2.24, 2.45) is 35.5 Å². The number of Topliss-reactive ketones (excluding diaryl/α,β-unsaturated/α-hetero) is 4. The first-order valence-electron chi connectivity index (χ1n) is 23.4. The van der Waals surface area contributed by atoms with Gasteiger partial charge < -0.3 is 39.2 Å². The zero-order valence-corrected chi connectivity index (χ0v) is 39.5. The van der Waals surface area contributed by atoms with Crippen LogP contribution < -0.4 is 0 Å². The van der Waals surface area contributed by atoms with E-state index in [1.54, 1.807) is 66.0 Å². The van der Waals surface area contributed by atoms with E-state index in [0.717, 1.165) is 4.90 Å². The number of piperidine rings is 1. The Bertz CT molecular complexity index is 1780. The highest BCUT2D eigenvalue weighted by Crippen LogP contribution is 2.37. The van der Waals surface area contributed by atoms with Crippen molar-refractivity contribution in [1.82, 2.24) is 4.90 Å². The molecule has 3 heterocycles. The summed E-state index contributed by atoms with van der Waals surface area (Å²) < 4.78 is 23.3. The van der Waals surface area contributed by atoms with E-state index in [4.69, 9.17) is 18.9 Å². The molecule has 3 fully saturated rings. The molecule has 4 rings (SSSR count). The number of carbonyl (C=O) groups excluding carboxylic acids is 6. The third-order valence-corrected chi connectivity index (χ3v) is 14.0. The molecule has 3 N–H and O–H groups in total. The molecule has 3 aliphatic heterocycles. The zero-order chi connectivity index (χ0) is 47.5. The average molecular weight is 898 g/mol. The number of ether oxygens (including phenoxy) is 4. The SMILES string of the molecule is CO[C@@H]1C[C@H](C[C@@H](C)[C@@H]2CC(=O)[C@H](C)/C=C(\C)[C@@H](O)[C@@H](OC)C(=O)[C@H](C)C[C@H](C)/C=C\C=CC=C(C)C(=O)C[C@@H]3CC[C@@H](C)[C@@](O)(O3)C(=O)C(=O)N3CCCC[C@H]3C(=O)O2)CC[C@H]1O. The number of aliphatic hydroxyl groups excluding tert-OH is 2. The van der Waals surface area contributed by atoms with E-state index in [1.807, 2.05) is 26.0 Å². The molecule has 14 heteroatoms. The van der Waals surface area contributed by atoms with Gasteiger partial charge >= 0.3 is 5.97 Å². The van der Waals surface area contributed by atoms with Crippen molar-refractivity contribution >= 4 is 35.0 Å². The number of nitrogens with zero attached hydrogens (tertiary/aromatic N) is 1. The monoisotopic (exact) mass is 898 g/mol. The third-order valence-electron chi connectivity index (χ3n) is 14.0. The molecule has 64 heavy (non-hydrogen) atoms. The lowest BCUT2D eigenvalue weighted by Crippen LogP contribution is -2.60.